The van der Waals surface area contributed by atoms with Crippen molar-refractivity contribution in [3.8, 4) is 0 Å². The SMILES string of the molecule is Cc1nsc(NC(=O)C(O)COC(C)C)n1. The Bertz CT molecular complexity index is 354. The first-order chi connectivity index (χ1) is 7.49. The van der Waals surface area contributed by atoms with Gasteiger partial charge in [0.25, 0.3) is 5.91 Å². The Morgan fingerprint density at radius 2 is 2.31 bits per heavy atom. The van der Waals surface area contributed by atoms with Gasteiger partial charge in [0.1, 0.15) is 5.82 Å². The minimum Gasteiger partial charge on any atom is -0.381 e. The Morgan fingerprint density at radius 3 is 2.81 bits per heavy atom. The molecule has 1 unspecified atom stereocenters. The van der Waals surface area contributed by atoms with Crippen LogP contribution in [0, 0.1) is 6.92 Å². The van der Waals surface area contributed by atoms with Gasteiger partial charge in [-0.1, -0.05) is 0 Å². The minimum absolute atomic E-state index is 0.0220. The summed E-state index contributed by atoms with van der Waals surface area (Å²) in [6.45, 7) is 5.36. The van der Waals surface area contributed by atoms with Gasteiger partial charge in [0.15, 0.2) is 6.10 Å². The normalized spacial score (nSPS) is 12.8. The number of amides is 1. The average molecular weight is 245 g/mol. The van der Waals surface area contributed by atoms with Crippen LogP contribution in [0.4, 0.5) is 5.13 Å². The molecule has 0 fully saturated rings. The van der Waals surface area contributed by atoms with Gasteiger partial charge in [-0.3, -0.25) is 10.1 Å². The Hall–Kier alpha value is -1.05. The molecule has 0 aromatic carbocycles. The van der Waals surface area contributed by atoms with Crippen molar-refractivity contribution in [2.75, 3.05) is 11.9 Å². The van der Waals surface area contributed by atoms with Crippen LogP contribution >= 0.6 is 11.5 Å². The molecule has 90 valence electrons. The largest absolute Gasteiger partial charge is 0.381 e. The highest BCUT2D eigenvalue weighted by atomic mass is 32.1. The molecule has 16 heavy (non-hydrogen) atoms. The van der Waals surface area contributed by atoms with Crippen LogP contribution in [0.15, 0.2) is 0 Å². The molecule has 0 radical (unpaired) electrons. The number of rotatable bonds is 5. The Labute approximate surface area is 97.8 Å². The number of aliphatic hydroxyl groups is 1. The number of carbonyl (C=O) groups excluding carboxylic acids is 1. The maximum Gasteiger partial charge on any atom is 0.257 e. The molecule has 1 heterocycles. The van der Waals surface area contributed by atoms with Crippen LogP contribution in [0.2, 0.25) is 0 Å². The van der Waals surface area contributed by atoms with Crippen molar-refractivity contribution in [1.29, 1.82) is 0 Å². The van der Waals surface area contributed by atoms with Crippen molar-refractivity contribution >= 4 is 22.6 Å². The summed E-state index contributed by atoms with van der Waals surface area (Å²) in [5, 5.41) is 12.3. The number of ether oxygens (including phenoxy) is 1. The van der Waals surface area contributed by atoms with Crippen molar-refractivity contribution in [3.05, 3.63) is 5.82 Å². The number of anilines is 1. The second kappa shape index (κ2) is 5.88. The summed E-state index contributed by atoms with van der Waals surface area (Å²) in [5.41, 5.74) is 0. The third kappa shape index (κ3) is 4.21. The van der Waals surface area contributed by atoms with Crippen molar-refractivity contribution in [3.63, 3.8) is 0 Å². The highest BCUT2D eigenvalue weighted by Crippen LogP contribution is 2.10. The number of aryl methyl sites for hydroxylation is 1. The fourth-order valence-corrected chi connectivity index (χ4v) is 1.47. The number of hydrogen-bond acceptors (Lipinski definition) is 6. The zero-order chi connectivity index (χ0) is 12.1. The highest BCUT2D eigenvalue weighted by Gasteiger charge is 2.17. The van der Waals surface area contributed by atoms with Crippen molar-refractivity contribution in [2.24, 2.45) is 0 Å². The maximum atomic E-state index is 11.4. The van der Waals surface area contributed by atoms with E-state index in [1.165, 1.54) is 0 Å². The van der Waals surface area contributed by atoms with E-state index in [-0.39, 0.29) is 12.7 Å². The number of aromatic nitrogens is 2. The van der Waals surface area contributed by atoms with Gasteiger partial charge in [0.2, 0.25) is 5.13 Å². The van der Waals surface area contributed by atoms with E-state index in [9.17, 15) is 9.90 Å². The molecule has 2 N–H and O–H groups in total. The van der Waals surface area contributed by atoms with Gasteiger partial charge in [-0.15, -0.1) is 0 Å². The summed E-state index contributed by atoms with van der Waals surface area (Å²) in [7, 11) is 0. The number of nitrogens with zero attached hydrogens (tertiary/aromatic N) is 2. The summed E-state index contributed by atoms with van der Waals surface area (Å²) in [6.07, 6.45) is -1.21. The quantitative estimate of drug-likeness (QED) is 0.792. The molecule has 0 aliphatic rings. The zero-order valence-electron chi connectivity index (χ0n) is 9.43. The molecule has 6 nitrogen and oxygen atoms in total. The molecule has 0 saturated carbocycles. The van der Waals surface area contributed by atoms with E-state index in [0.29, 0.717) is 11.0 Å². The van der Waals surface area contributed by atoms with E-state index in [2.05, 4.69) is 14.7 Å². The van der Waals surface area contributed by atoms with E-state index >= 15 is 0 Å². The summed E-state index contributed by atoms with van der Waals surface area (Å²) < 4.78 is 9.03. The summed E-state index contributed by atoms with van der Waals surface area (Å²) >= 11 is 1.07. The Kier molecular flexibility index (Phi) is 4.78. The zero-order valence-corrected chi connectivity index (χ0v) is 10.2. The lowest BCUT2D eigenvalue weighted by Gasteiger charge is -2.12. The predicted octanol–water partition coefficient (Wildman–Crippen LogP) is 0.571. The molecule has 7 heteroatoms. The summed E-state index contributed by atoms with van der Waals surface area (Å²) in [5.74, 6) is 0.0602. The van der Waals surface area contributed by atoms with Crippen LogP contribution in [0.1, 0.15) is 19.7 Å². The molecular formula is C9H15N3O3S. The smallest absolute Gasteiger partial charge is 0.257 e. The van der Waals surface area contributed by atoms with Gasteiger partial charge in [-0.05, 0) is 20.8 Å². The molecule has 0 bridgehead atoms. The fourth-order valence-electron chi connectivity index (χ4n) is 0.896. The summed E-state index contributed by atoms with van der Waals surface area (Å²) in [6, 6.07) is 0. The highest BCUT2D eigenvalue weighted by molar-refractivity contribution is 7.09. The van der Waals surface area contributed by atoms with Gasteiger partial charge in [-0.25, -0.2) is 4.98 Å². The Morgan fingerprint density at radius 1 is 1.62 bits per heavy atom. The number of hydrogen-bond donors (Lipinski definition) is 2. The second-order valence-corrected chi connectivity index (χ2v) is 4.29. The topological polar surface area (TPSA) is 84.3 Å². The van der Waals surface area contributed by atoms with Crippen molar-refractivity contribution < 1.29 is 14.6 Å². The van der Waals surface area contributed by atoms with E-state index in [0.717, 1.165) is 11.5 Å². The lowest BCUT2D eigenvalue weighted by Crippen LogP contribution is -2.32. The predicted molar refractivity (Wildman–Crippen MR) is 60.4 cm³/mol. The van der Waals surface area contributed by atoms with Gasteiger partial charge < -0.3 is 9.84 Å². The molecule has 0 aliphatic carbocycles. The molecule has 0 saturated heterocycles. The fraction of sp³-hybridized carbons (Fsp3) is 0.667. The van der Waals surface area contributed by atoms with Gasteiger partial charge in [-0.2, -0.15) is 4.37 Å². The van der Waals surface area contributed by atoms with Crippen LogP contribution in [-0.4, -0.2) is 39.2 Å². The van der Waals surface area contributed by atoms with Crippen molar-refractivity contribution in [2.45, 2.75) is 33.0 Å². The molecule has 0 aliphatic heterocycles. The lowest BCUT2D eigenvalue weighted by molar-refractivity contribution is -0.127. The van der Waals surface area contributed by atoms with Crippen LogP contribution in [0.5, 0.6) is 0 Å². The standard InChI is InChI=1S/C9H15N3O3S/c1-5(2)15-4-7(13)8(14)11-9-10-6(3)12-16-9/h5,7,13H,4H2,1-3H3,(H,10,11,12,14). The molecule has 1 aromatic rings. The van der Waals surface area contributed by atoms with Crippen LogP contribution in [0.3, 0.4) is 0 Å². The maximum absolute atomic E-state index is 11.4. The van der Waals surface area contributed by atoms with E-state index in [1.807, 2.05) is 13.8 Å². The second-order valence-electron chi connectivity index (χ2n) is 3.53. The third-order valence-electron chi connectivity index (χ3n) is 1.65. The molecule has 1 rings (SSSR count). The van der Waals surface area contributed by atoms with E-state index in [4.69, 9.17) is 4.74 Å². The van der Waals surface area contributed by atoms with Gasteiger partial charge >= 0.3 is 0 Å². The number of nitrogens with one attached hydrogen (secondary N) is 1. The monoisotopic (exact) mass is 245 g/mol. The average Bonchev–Trinajstić information content (AvgIpc) is 2.60. The Balaban J connectivity index is 2.39. The third-order valence-corrected chi connectivity index (χ3v) is 2.37. The minimum atomic E-state index is -1.19. The van der Waals surface area contributed by atoms with E-state index < -0.39 is 12.0 Å². The van der Waals surface area contributed by atoms with Crippen LogP contribution < -0.4 is 5.32 Å². The molecule has 1 aromatic heterocycles. The lowest BCUT2D eigenvalue weighted by atomic mass is 10.3. The molecule has 0 spiro atoms. The first-order valence-electron chi connectivity index (χ1n) is 4.90. The molecule has 1 atom stereocenters. The molecule has 1 amide bonds. The first kappa shape index (κ1) is 13.0. The van der Waals surface area contributed by atoms with Crippen LogP contribution in [0.25, 0.3) is 0 Å². The molecular weight excluding hydrogens is 230 g/mol. The number of aliphatic hydroxyl groups excluding tert-OH is 1. The van der Waals surface area contributed by atoms with Gasteiger partial charge in [0.05, 0.1) is 12.7 Å². The van der Waals surface area contributed by atoms with Crippen molar-refractivity contribution in [1.82, 2.24) is 9.36 Å². The van der Waals surface area contributed by atoms with E-state index in [1.54, 1.807) is 6.92 Å². The number of carbonyl (C=O) groups is 1. The van der Waals surface area contributed by atoms with Crippen LogP contribution in [-0.2, 0) is 9.53 Å². The first-order valence-corrected chi connectivity index (χ1v) is 5.67. The van der Waals surface area contributed by atoms with Gasteiger partial charge in [0, 0.05) is 11.5 Å². The summed E-state index contributed by atoms with van der Waals surface area (Å²) in [4.78, 5) is 15.4.